The summed E-state index contributed by atoms with van der Waals surface area (Å²) in [5, 5.41) is 5.91. The van der Waals surface area contributed by atoms with Crippen LogP contribution in [0.3, 0.4) is 0 Å². The van der Waals surface area contributed by atoms with Crippen LogP contribution in [0.4, 0.5) is 0 Å². The first-order chi connectivity index (χ1) is 8.65. The lowest BCUT2D eigenvalue weighted by Gasteiger charge is -2.36. The number of hydrogen-bond acceptors (Lipinski definition) is 3. The molecule has 1 aromatic heterocycles. The van der Waals surface area contributed by atoms with Gasteiger partial charge in [0.25, 0.3) is 0 Å². The minimum absolute atomic E-state index is 0.465. The van der Waals surface area contributed by atoms with E-state index in [0.717, 1.165) is 6.54 Å². The van der Waals surface area contributed by atoms with E-state index in [1.807, 2.05) is 11.3 Å². The third-order valence-electron chi connectivity index (χ3n) is 3.94. The molecule has 1 aliphatic rings. The van der Waals surface area contributed by atoms with Gasteiger partial charge in [-0.25, -0.2) is 0 Å². The van der Waals surface area contributed by atoms with Gasteiger partial charge < -0.3 is 5.32 Å². The van der Waals surface area contributed by atoms with Crippen LogP contribution < -0.4 is 5.32 Å². The molecule has 1 fully saturated rings. The highest BCUT2D eigenvalue weighted by Crippen LogP contribution is 2.38. The Bertz CT molecular complexity index is 372. The fraction of sp³-hybridized carbons (Fsp3) is 0.714. The molecule has 1 nitrogen and oxygen atoms in total. The molecule has 0 amide bonds. The number of halogens is 1. The fourth-order valence-corrected chi connectivity index (χ4v) is 5.05. The quantitative estimate of drug-likeness (QED) is 0.782. The molecular weight excluding hydrogens is 326 g/mol. The molecule has 0 radical (unpaired) electrons. The molecule has 102 valence electrons. The zero-order valence-electron chi connectivity index (χ0n) is 11.2. The van der Waals surface area contributed by atoms with Gasteiger partial charge in [-0.3, -0.25) is 0 Å². The van der Waals surface area contributed by atoms with Crippen LogP contribution >= 0.6 is 39.0 Å². The average Bonchev–Trinajstić information content (AvgIpc) is 2.84. The van der Waals surface area contributed by atoms with Crippen molar-refractivity contribution < 1.29 is 0 Å². The topological polar surface area (TPSA) is 12.0 Å². The van der Waals surface area contributed by atoms with Crippen molar-refractivity contribution in [3.8, 4) is 0 Å². The normalized spacial score (nSPS) is 20.8. The van der Waals surface area contributed by atoms with Gasteiger partial charge in [-0.2, -0.15) is 11.8 Å². The Hall–Kier alpha value is 0.490. The summed E-state index contributed by atoms with van der Waals surface area (Å²) in [6.07, 6.45) is 9.27. The van der Waals surface area contributed by atoms with Crippen LogP contribution in [0.1, 0.15) is 49.9 Å². The smallest absolute Gasteiger partial charge is 0.0386 e. The zero-order chi connectivity index (χ0) is 13.0. The van der Waals surface area contributed by atoms with Crippen LogP contribution in [-0.2, 0) is 0 Å². The highest BCUT2D eigenvalue weighted by Gasteiger charge is 2.31. The number of rotatable bonds is 5. The van der Waals surface area contributed by atoms with Gasteiger partial charge in [0.1, 0.15) is 0 Å². The Kier molecular flexibility index (Phi) is 5.61. The van der Waals surface area contributed by atoms with Crippen LogP contribution in [0.25, 0.3) is 0 Å². The van der Waals surface area contributed by atoms with Crippen LogP contribution in [-0.4, -0.2) is 17.5 Å². The first kappa shape index (κ1) is 14.9. The summed E-state index contributed by atoms with van der Waals surface area (Å²) in [4.78, 5) is 1.42. The van der Waals surface area contributed by atoms with Crippen LogP contribution in [0, 0.1) is 0 Å². The molecule has 0 aromatic carbocycles. The van der Waals surface area contributed by atoms with Crippen molar-refractivity contribution >= 4 is 39.0 Å². The number of thiophene rings is 1. The maximum Gasteiger partial charge on any atom is 0.0386 e. The first-order valence-corrected chi connectivity index (χ1v) is 9.57. The van der Waals surface area contributed by atoms with Crippen molar-refractivity contribution in [3.05, 3.63) is 20.8 Å². The third kappa shape index (κ3) is 3.75. The molecule has 0 spiro atoms. The Balaban J connectivity index is 1.89. The first-order valence-electron chi connectivity index (χ1n) is 6.68. The summed E-state index contributed by atoms with van der Waals surface area (Å²) in [5.41, 5.74) is 0. The van der Waals surface area contributed by atoms with Crippen molar-refractivity contribution in [3.63, 3.8) is 0 Å². The molecule has 18 heavy (non-hydrogen) atoms. The van der Waals surface area contributed by atoms with Crippen molar-refractivity contribution in [1.29, 1.82) is 0 Å². The second-order valence-corrected chi connectivity index (χ2v) is 8.35. The highest BCUT2D eigenvalue weighted by molar-refractivity contribution is 9.10. The molecule has 0 saturated heterocycles. The molecule has 0 aliphatic heterocycles. The second-order valence-electron chi connectivity index (χ2n) is 5.22. The van der Waals surface area contributed by atoms with E-state index in [4.69, 9.17) is 0 Å². The molecule has 2 rings (SSSR count). The van der Waals surface area contributed by atoms with Crippen LogP contribution in [0.5, 0.6) is 0 Å². The Morgan fingerprint density at radius 3 is 2.72 bits per heavy atom. The van der Waals surface area contributed by atoms with Gasteiger partial charge in [0.15, 0.2) is 0 Å². The molecule has 1 atom stereocenters. The van der Waals surface area contributed by atoms with E-state index in [9.17, 15) is 0 Å². The van der Waals surface area contributed by atoms with Crippen molar-refractivity contribution in [2.24, 2.45) is 0 Å². The van der Waals surface area contributed by atoms with Gasteiger partial charge in [0.2, 0.25) is 0 Å². The van der Waals surface area contributed by atoms with E-state index in [1.54, 1.807) is 0 Å². The fourth-order valence-electron chi connectivity index (χ4n) is 2.64. The largest absolute Gasteiger partial charge is 0.308 e. The van der Waals surface area contributed by atoms with E-state index in [0.29, 0.717) is 10.8 Å². The molecule has 4 heteroatoms. The molecule has 1 N–H and O–H groups in total. The summed E-state index contributed by atoms with van der Waals surface area (Å²) >= 11 is 7.43. The number of hydrogen-bond donors (Lipinski definition) is 1. The van der Waals surface area contributed by atoms with Gasteiger partial charge in [0, 0.05) is 32.1 Å². The van der Waals surface area contributed by atoms with Crippen molar-refractivity contribution in [2.75, 3.05) is 12.8 Å². The lowest BCUT2D eigenvalue weighted by atomic mass is 9.88. The molecule has 0 bridgehead atoms. The van der Waals surface area contributed by atoms with E-state index in [1.165, 1.54) is 41.5 Å². The number of thioether (sulfide) groups is 1. The number of nitrogens with one attached hydrogen (secondary N) is 1. The van der Waals surface area contributed by atoms with Crippen LogP contribution in [0.2, 0.25) is 0 Å². The summed E-state index contributed by atoms with van der Waals surface area (Å²) in [5.74, 6) is 0. The molecule has 1 unspecified atom stereocenters. The zero-order valence-corrected chi connectivity index (χ0v) is 14.4. The predicted molar refractivity (Wildman–Crippen MR) is 87.8 cm³/mol. The third-order valence-corrected chi connectivity index (χ3v) is 7.24. The average molecular weight is 348 g/mol. The minimum atomic E-state index is 0.465. The van der Waals surface area contributed by atoms with Gasteiger partial charge in [-0.15, -0.1) is 11.3 Å². The van der Waals surface area contributed by atoms with E-state index in [-0.39, 0.29) is 0 Å². The molecule has 1 aliphatic carbocycles. The summed E-state index contributed by atoms with van der Waals surface area (Å²) in [6, 6.07) is 2.70. The van der Waals surface area contributed by atoms with E-state index < -0.39 is 0 Å². The maximum absolute atomic E-state index is 3.74. The molecule has 1 aromatic rings. The van der Waals surface area contributed by atoms with Crippen LogP contribution in [0.15, 0.2) is 15.9 Å². The second kappa shape index (κ2) is 6.78. The van der Waals surface area contributed by atoms with E-state index in [2.05, 4.69) is 57.6 Å². The molecular formula is C14H22BrNS2. The van der Waals surface area contributed by atoms with E-state index >= 15 is 0 Å². The monoisotopic (exact) mass is 347 g/mol. The Morgan fingerprint density at radius 2 is 2.17 bits per heavy atom. The Morgan fingerprint density at radius 1 is 1.44 bits per heavy atom. The lowest BCUT2D eigenvalue weighted by molar-refractivity contribution is 0.368. The lowest BCUT2D eigenvalue weighted by Crippen LogP contribution is -2.40. The molecule has 1 heterocycles. The van der Waals surface area contributed by atoms with Gasteiger partial charge in [0.05, 0.1) is 0 Å². The van der Waals surface area contributed by atoms with Gasteiger partial charge in [-0.05, 0) is 48.0 Å². The summed E-state index contributed by atoms with van der Waals surface area (Å²) < 4.78 is 1.69. The van der Waals surface area contributed by atoms with Gasteiger partial charge >= 0.3 is 0 Å². The molecule has 1 saturated carbocycles. The minimum Gasteiger partial charge on any atom is -0.308 e. The Labute approximate surface area is 127 Å². The highest BCUT2D eigenvalue weighted by atomic mass is 79.9. The van der Waals surface area contributed by atoms with Gasteiger partial charge in [-0.1, -0.05) is 19.3 Å². The van der Waals surface area contributed by atoms with Crippen molar-refractivity contribution in [2.45, 2.75) is 49.8 Å². The standard InChI is InChI=1S/C14H22BrNS2/c1-11(13-8-12(15)9-18-13)16-10-14(17-2)6-4-3-5-7-14/h8-9,11,16H,3-7,10H2,1-2H3. The SMILES string of the molecule is CSC1(CNC(C)c2cc(Br)cs2)CCCCC1. The predicted octanol–water partition coefficient (Wildman–Crippen LogP) is 5.23. The maximum atomic E-state index is 3.74. The summed E-state index contributed by atoms with van der Waals surface area (Å²) in [7, 11) is 0. The summed E-state index contributed by atoms with van der Waals surface area (Å²) in [6.45, 7) is 3.42. The van der Waals surface area contributed by atoms with Crippen molar-refractivity contribution in [1.82, 2.24) is 5.32 Å².